The number of nitrogens with one attached hydrogen (secondary N) is 1. The van der Waals surface area contributed by atoms with E-state index in [0.29, 0.717) is 6.04 Å². The number of aliphatic hydroxyl groups excluding tert-OH is 1. The second-order valence-electron chi connectivity index (χ2n) is 4.63. The summed E-state index contributed by atoms with van der Waals surface area (Å²) < 4.78 is 0. The predicted octanol–water partition coefficient (Wildman–Crippen LogP) is 2.46. The number of hydrogen-bond acceptors (Lipinski definition) is 2. The highest BCUT2D eigenvalue weighted by atomic mass is 16.3. The van der Waals surface area contributed by atoms with Crippen LogP contribution >= 0.6 is 0 Å². The zero-order valence-electron chi connectivity index (χ0n) is 9.47. The van der Waals surface area contributed by atoms with Gasteiger partial charge in [0.25, 0.3) is 0 Å². The molecule has 2 heteroatoms. The molecular weight excluding hydrogens is 174 g/mol. The van der Waals surface area contributed by atoms with Crippen molar-refractivity contribution in [2.24, 2.45) is 0 Å². The van der Waals surface area contributed by atoms with Gasteiger partial charge in [0.1, 0.15) is 0 Å². The summed E-state index contributed by atoms with van der Waals surface area (Å²) in [6, 6.07) is 0.717. The third-order valence-corrected chi connectivity index (χ3v) is 3.10. The van der Waals surface area contributed by atoms with E-state index in [-0.39, 0.29) is 6.10 Å². The largest absolute Gasteiger partial charge is 0.393 e. The number of aliphatic hydroxyl groups is 1. The van der Waals surface area contributed by atoms with Gasteiger partial charge in [-0.1, -0.05) is 32.1 Å². The monoisotopic (exact) mass is 199 g/mol. The molecule has 0 amide bonds. The van der Waals surface area contributed by atoms with Crippen LogP contribution in [0.5, 0.6) is 0 Å². The topological polar surface area (TPSA) is 32.3 Å². The van der Waals surface area contributed by atoms with Gasteiger partial charge in [-0.05, 0) is 32.7 Å². The highest BCUT2D eigenvalue weighted by Crippen LogP contribution is 2.16. The van der Waals surface area contributed by atoms with Crippen molar-refractivity contribution in [3.8, 4) is 0 Å². The van der Waals surface area contributed by atoms with E-state index in [0.717, 1.165) is 13.0 Å². The maximum absolute atomic E-state index is 9.14. The van der Waals surface area contributed by atoms with Crippen molar-refractivity contribution < 1.29 is 5.11 Å². The van der Waals surface area contributed by atoms with Crippen molar-refractivity contribution in [1.82, 2.24) is 5.32 Å². The van der Waals surface area contributed by atoms with Crippen LogP contribution < -0.4 is 5.32 Å². The normalized spacial score (nSPS) is 22.7. The molecule has 0 spiro atoms. The molecule has 1 fully saturated rings. The van der Waals surface area contributed by atoms with Gasteiger partial charge in [0.2, 0.25) is 0 Å². The molecule has 0 saturated heterocycles. The van der Waals surface area contributed by atoms with Crippen LogP contribution in [-0.4, -0.2) is 23.8 Å². The number of rotatable bonds is 4. The first-order chi connectivity index (χ1) is 6.79. The zero-order chi connectivity index (χ0) is 10.2. The lowest BCUT2D eigenvalue weighted by Gasteiger charge is -2.21. The van der Waals surface area contributed by atoms with Gasteiger partial charge in [0.05, 0.1) is 6.10 Å². The molecule has 1 aliphatic carbocycles. The van der Waals surface area contributed by atoms with Gasteiger partial charge >= 0.3 is 0 Å². The summed E-state index contributed by atoms with van der Waals surface area (Å²) in [7, 11) is 0. The highest BCUT2D eigenvalue weighted by Gasteiger charge is 2.10. The molecular formula is C12H25NO. The van der Waals surface area contributed by atoms with E-state index in [1.165, 1.54) is 44.9 Å². The fourth-order valence-electron chi connectivity index (χ4n) is 2.16. The van der Waals surface area contributed by atoms with E-state index < -0.39 is 0 Å². The van der Waals surface area contributed by atoms with Crippen LogP contribution in [0.3, 0.4) is 0 Å². The first-order valence-electron chi connectivity index (χ1n) is 6.20. The summed E-state index contributed by atoms with van der Waals surface area (Å²) in [4.78, 5) is 0. The minimum Gasteiger partial charge on any atom is -0.393 e. The van der Waals surface area contributed by atoms with Gasteiger partial charge in [0, 0.05) is 6.04 Å². The van der Waals surface area contributed by atoms with Gasteiger partial charge in [0.15, 0.2) is 0 Å². The molecule has 2 N–H and O–H groups in total. The van der Waals surface area contributed by atoms with Crippen LogP contribution in [0.1, 0.15) is 58.3 Å². The molecule has 1 atom stereocenters. The van der Waals surface area contributed by atoms with Crippen LogP contribution in [0.4, 0.5) is 0 Å². The molecule has 0 aromatic rings. The van der Waals surface area contributed by atoms with E-state index >= 15 is 0 Å². The van der Waals surface area contributed by atoms with Gasteiger partial charge in [-0.25, -0.2) is 0 Å². The van der Waals surface area contributed by atoms with Crippen molar-refractivity contribution >= 4 is 0 Å². The van der Waals surface area contributed by atoms with Crippen LogP contribution in [0, 0.1) is 0 Å². The zero-order valence-corrected chi connectivity index (χ0v) is 9.47. The van der Waals surface area contributed by atoms with E-state index in [9.17, 15) is 0 Å². The van der Waals surface area contributed by atoms with Gasteiger partial charge in [-0.3, -0.25) is 0 Å². The molecule has 0 heterocycles. The van der Waals surface area contributed by atoms with Crippen molar-refractivity contribution in [3.05, 3.63) is 0 Å². The summed E-state index contributed by atoms with van der Waals surface area (Å²) in [6.07, 6.45) is 10.4. The quantitative estimate of drug-likeness (QED) is 0.729. The van der Waals surface area contributed by atoms with E-state index in [1.807, 2.05) is 6.92 Å². The minimum absolute atomic E-state index is 0.156. The maximum atomic E-state index is 9.14. The van der Waals surface area contributed by atoms with Crippen molar-refractivity contribution in [2.45, 2.75) is 70.4 Å². The SMILES string of the molecule is C[C@@H](O)CCNC1CCCCCCC1. The minimum atomic E-state index is -0.156. The summed E-state index contributed by atoms with van der Waals surface area (Å²) >= 11 is 0. The second kappa shape index (κ2) is 7.24. The molecule has 0 radical (unpaired) electrons. The van der Waals surface area contributed by atoms with Crippen molar-refractivity contribution in [1.29, 1.82) is 0 Å². The molecule has 1 aliphatic rings. The molecule has 0 aromatic carbocycles. The molecule has 84 valence electrons. The second-order valence-corrected chi connectivity index (χ2v) is 4.63. The standard InChI is InChI=1S/C12H25NO/c1-11(14)9-10-13-12-7-5-3-2-4-6-8-12/h11-14H,2-10H2,1H3/t11-/m1/s1. The molecule has 0 aliphatic heterocycles. The Morgan fingerprint density at radius 3 is 2.29 bits per heavy atom. The Morgan fingerprint density at radius 1 is 1.14 bits per heavy atom. The van der Waals surface area contributed by atoms with Crippen molar-refractivity contribution in [2.75, 3.05) is 6.54 Å². The Hall–Kier alpha value is -0.0800. The van der Waals surface area contributed by atoms with Crippen LogP contribution in [0.25, 0.3) is 0 Å². The Balaban J connectivity index is 2.08. The van der Waals surface area contributed by atoms with Crippen LogP contribution in [-0.2, 0) is 0 Å². The van der Waals surface area contributed by atoms with Crippen molar-refractivity contribution in [3.63, 3.8) is 0 Å². The lowest BCUT2D eigenvalue weighted by Crippen LogP contribution is -2.31. The molecule has 0 aromatic heterocycles. The molecule has 14 heavy (non-hydrogen) atoms. The molecule has 0 unspecified atom stereocenters. The first-order valence-corrected chi connectivity index (χ1v) is 6.20. The average Bonchev–Trinajstić information content (AvgIpc) is 2.07. The highest BCUT2D eigenvalue weighted by molar-refractivity contribution is 4.70. The lowest BCUT2D eigenvalue weighted by molar-refractivity contribution is 0.181. The summed E-state index contributed by atoms with van der Waals surface area (Å²) in [5, 5.41) is 12.7. The van der Waals surface area contributed by atoms with E-state index in [4.69, 9.17) is 5.11 Å². The van der Waals surface area contributed by atoms with Crippen LogP contribution in [0.2, 0.25) is 0 Å². The maximum Gasteiger partial charge on any atom is 0.0524 e. The Bertz CT molecular complexity index is 128. The molecule has 2 nitrogen and oxygen atoms in total. The predicted molar refractivity (Wildman–Crippen MR) is 60.4 cm³/mol. The number of hydrogen-bond donors (Lipinski definition) is 2. The first kappa shape index (κ1) is 12.0. The van der Waals surface area contributed by atoms with Gasteiger partial charge in [-0.15, -0.1) is 0 Å². The van der Waals surface area contributed by atoms with Gasteiger partial charge < -0.3 is 10.4 Å². The summed E-state index contributed by atoms with van der Waals surface area (Å²) in [6.45, 7) is 2.84. The Labute approximate surface area is 88.1 Å². The lowest BCUT2D eigenvalue weighted by atomic mass is 9.96. The molecule has 0 bridgehead atoms. The van der Waals surface area contributed by atoms with E-state index in [1.54, 1.807) is 0 Å². The van der Waals surface area contributed by atoms with Crippen LogP contribution in [0.15, 0.2) is 0 Å². The smallest absolute Gasteiger partial charge is 0.0524 e. The molecule has 1 saturated carbocycles. The Kier molecular flexibility index (Phi) is 6.20. The fraction of sp³-hybridized carbons (Fsp3) is 1.00. The summed E-state index contributed by atoms with van der Waals surface area (Å²) in [5.41, 5.74) is 0. The fourth-order valence-corrected chi connectivity index (χ4v) is 2.16. The Morgan fingerprint density at radius 2 is 1.71 bits per heavy atom. The van der Waals surface area contributed by atoms with E-state index in [2.05, 4.69) is 5.32 Å². The summed E-state index contributed by atoms with van der Waals surface area (Å²) in [5.74, 6) is 0. The van der Waals surface area contributed by atoms with Gasteiger partial charge in [-0.2, -0.15) is 0 Å². The molecule has 1 rings (SSSR count). The third-order valence-electron chi connectivity index (χ3n) is 3.10. The third kappa shape index (κ3) is 5.61. The average molecular weight is 199 g/mol.